The molecule has 5 heteroatoms. The molecule has 0 heterocycles. The Morgan fingerprint density at radius 1 is 0.833 bits per heavy atom. The summed E-state index contributed by atoms with van der Waals surface area (Å²) in [5.41, 5.74) is 7.37. The van der Waals surface area contributed by atoms with Gasteiger partial charge in [-0.3, -0.25) is 0 Å². The zero-order chi connectivity index (χ0) is 21.7. The first kappa shape index (κ1) is 21.3. The summed E-state index contributed by atoms with van der Waals surface area (Å²) < 4.78 is 5.09. The third kappa shape index (κ3) is 4.95. The number of nitrogens with two attached hydrogens (primary N) is 1. The smallest absolute Gasteiger partial charge is 0.337 e. The fourth-order valence-electron chi connectivity index (χ4n) is 3.17. The molecule has 30 heavy (non-hydrogen) atoms. The molecule has 2 atom stereocenters. The summed E-state index contributed by atoms with van der Waals surface area (Å²) in [7, 11) is 1.59. The Balaban J connectivity index is 0.000000177. The van der Waals surface area contributed by atoms with Gasteiger partial charge in [-0.05, 0) is 63.9 Å². The molecule has 4 rings (SSSR count). The fourth-order valence-corrected chi connectivity index (χ4v) is 3.17. The van der Waals surface area contributed by atoms with Gasteiger partial charge in [0.25, 0.3) is 0 Å². The Hall–Kier alpha value is -3.41. The summed E-state index contributed by atoms with van der Waals surface area (Å²) in [5.74, 6) is -0.512. The van der Waals surface area contributed by atoms with Crippen molar-refractivity contribution >= 4 is 27.5 Å². The molecule has 0 radical (unpaired) electrons. The average Bonchev–Trinajstić information content (AvgIpc) is 2.77. The lowest BCUT2D eigenvalue weighted by molar-refractivity contribution is -0.146. The molecule has 0 aliphatic rings. The molecule has 0 fully saturated rings. The van der Waals surface area contributed by atoms with Gasteiger partial charge < -0.3 is 20.7 Å². The van der Waals surface area contributed by atoms with E-state index in [0.717, 1.165) is 16.5 Å². The van der Waals surface area contributed by atoms with Crippen LogP contribution in [0, 0.1) is 0 Å². The Kier molecular flexibility index (Phi) is 6.67. The zero-order valence-corrected chi connectivity index (χ0v) is 16.9. The van der Waals surface area contributed by atoms with E-state index < -0.39 is 12.1 Å². The van der Waals surface area contributed by atoms with Crippen molar-refractivity contribution in [3.8, 4) is 5.75 Å². The molecule has 4 N–H and O–H groups in total. The topological polar surface area (TPSA) is 92.8 Å². The molecule has 0 spiro atoms. The summed E-state index contributed by atoms with van der Waals surface area (Å²) in [5, 5.41) is 22.5. The van der Waals surface area contributed by atoms with E-state index in [9.17, 15) is 9.90 Å². The molecule has 0 saturated heterocycles. The lowest BCUT2D eigenvalue weighted by atomic mass is 10.0. The summed E-state index contributed by atoms with van der Waals surface area (Å²) >= 11 is 0. The van der Waals surface area contributed by atoms with Gasteiger partial charge in [-0.1, -0.05) is 54.6 Å². The molecule has 5 nitrogen and oxygen atoms in total. The van der Waals surface area contributed by atoms with E-state index in [1.54, 1.807) is 31.4 Å². The maximum atomic E-state index is 10.7. The second-order valence-electron chi connectivity index (χ2n) is 7.11. The van der Waals surface area contributed by atoms with Crippen molar-refractivity contribution < 1.29 is 19.7 Å². The number of carbonyl (C=O) groups is 1. The van der Waals surface area contributed by atoms with Crippen LogP contribution >= 0.6 is 0 Å². The molecule has 4 aromatic carbocycles. The largest absolute Gasteiger partial charge is 0.497 e. The van der Waals surface area contributed by atoms with E-state index in [4.69, 9.17) is 15.6 Å². The predicted molar refractivity (Wildman–Crippen MR) is 120 cm³/mol. The lowest BCUT2D eigenvalue weighted by Crippen LogP contribution is -2.10. The SMILES string of the molecule is COc1ccc2cc([C@H](O)C(=O)O)ccc2c1.C[C@H](N)c1ccc2ccccc2c1. The van der Waals surface area contributed by atoms with Crippen LogP contribution in [-0.2, 0) is 4.79 Å². The van der Waals surface area contributed by atoms with Crippen LogP contribution < -0.4 is 10.5 Å². The zero-order valence-electron chi connectivity index (χ0n) is 16.9. The second-order valence-corrected chi connectivity index (χ2v) is 7.11. The maximum Gasteiger partial charge on any atom is 0.337 e. The van der Waals surface area contributed by atoms with E-state index >= 15 is 0 Å². The maximum absolute atomic E-state index is 10.7. The van der Waals surface area contributed by atoms with E-state index in [-0.39, 0.29) is 6.04 Å². The highest BCUT2D eigenvalue weighted by Crippen LogP contribution is 2.24. The van der Waals surface area contributed by atoms with Crippen molar-refractivity contribution in [3.05, 3.63) is 90.0 Å². The summed E-state index contributed by atoms with van der Waals surface area (Å²) in [6.45, 7) is 2.00. The second kappa shape index (κ2) is 9.39. The number of hydrogen-bond acceptors (Lipinski definition) is 4. The predicted octanol–water partition coefficient (Wildman–Crippen LogP) is 4.83. The van der Waals surface area contributed by atoms with Crippen LogP contribution in [0.5, 0.6) is 5.75 Å². The monoisotopic (exact) mass is 403 g/mol. The highest BCUT2D eigenvalue weighted by atomic mass is 16.5. The Bertz CT molecular complexity index is 1170. The van der Waals surface area contributed by atoms with E-state index in [1.807, 2.05) is 31.2 Å². The normalized spacial score (nSPS) is 12.7. The van der Waals surface area contributed by atoms with Crippen LogP contribution in [0.4, 0.5) is 0 Å². The van der Waals surface area contributed by atoms with Gasteiger partial charge in [-0.2, -0.15) is 0 Å². The van der Waals surface area contributed by atoms with Crippen LogP contribution in [0.1, 0.15) is 30.2 Å². The molecular weight excluding hydrogens is 378 g/mol. The minimum atomic E-state index is -1.48. The number of aliphatic hydroxyl groups excluding tert-OH is 1. The van der Waals surface area contributed by atoms with Gasteiger partial charge in [-0.25, -0.2) is 4.79 Å². The number of benzene rings is 4. The number of rotatable bonds is 4. The van der Waals surface area contributed by atoms with Crippen LogP contribution in [0.2, 0.25) is 0 Å². The third-order valence-corrected chi connectivity index (χ3v) is 4.92. The number of carboxylic acid groups (broad SMARTS) is 1. The Morgan fingerprint density at radius 3 is 2.03 bits per heavy atom. The molecule has 0 aliphatic carbocycles. The summed E-state index contributed by atoms with van der Waals surface area (Å²) in [4.78, 5) is 10.7. The van der Waals surface area contributed by atoms with E-state index in [0.29, 0.717) is 5.56 Å². The lowest BCUT2D eigenvalue weighted by Gasteiger charge is -2.08. The van der Waals surface area contributed by atoms with Gasteiger partial charge in [-0.15, -0.1) is 0 Å². The molecule has 0 bridgehead atoms. The van der Waals surface area contributed by atoms with Gasteiger partial charge in [0.2, 0.25) is 0 Å². The number of carboxylic acids is 1. The van der Waals surface area contributed by atoms with Crippen molar-refractivity contribution in [1.29, 1.82) is 0 Å². The van der Waals surface area contributed by atoms with Gasteiger partial charge in [0.15, 0.2) is 6.10 Å². The number of hydrogen-bond donors (Lipinski definition) is 3. The number of fused-ring (bicyclic) bond motifs is 2. The molecule has 0 amide bonds. The van der Waals surface area contributed by atoms with Crippen molar-refractivity contribution in [1.82, 2.24) is 0 Å². The molecule has 0 saturated carbocycles. The molecule has 0 aliphatic heterocycles. The van der Waals surface area contributed by atoms with Gasteiger partial charge >= 0.3 is 5.97 Å². The standard InChI is InChI=1S/C13H12O4.C12H13N/c1-17-11-5-4-8-6-10(12(14)13(15)16)3-2-9(8)7-11;1-9(13)11-7-6-10-4-2-3-5-12(10)8-11/h2-7,12,14H,1H3,(H,15,16);2-9H,13H2,1H3/t12-;9-/m00/s1. The molecule has 0 unspecified atom stereocenters. The van der Waals surface area contributed by atoms with Gasteiger partial charge in [0.1, 0.15) is 5.75 Å². The van der Waals surface area contributed by atoms with Crippen LogP contribution in [0.3, 0.4) is 0 Å². The molecule has 4 aromatic rings. The van der Waals surface area contributed by atoms with Crippen LogP contribution in [0.15, 0.2) is 78.9 Å². The molecule has 0 aromatic heterocycles. The number of ether oxygens (including phenoxy) is 1. The minimum absolute atomic E-state index is 0.115. The first-order valence-corrected chi connectivity index (χ1v) is 9.62. The average molecular weight is 403 g/mol. The van der Waals surface area contributed by atoms with Crippen LogP contribution in [0.25, 0.3) is 21.5 Å². The van der Waals surface area contributed by atoms with Crippen molar-refractivity contribution in [2.24, 2.45) is 5.73 Å². The third-order valence-electron chi connectivity index (χ3n) is 4.92. The van der Waals surface area contributed by atoms with Crippen molar-refractivity contribution in [2.75, 3.05) is 7.11 Å². The van der Waals surface area contributed by atoms with Crippen LogP contribution in [-0.4, -0.2) is 23.3 Å². The highest BCUT2D eigenvalue weighted by molar-refractivity contribution is 5.86. The number of aliphatic carboxylic acids is 1. The number of aliphatic hydroxyl groups is 1. The Labute approximate surface area is 175 Å². The van der Waals surface area contributed by atoms with Crippen molar-refractivity contribution in [2.45, 2.75) is 19.1 Å². The molecular formula is C25H25NO4. The van der Waals surface area contributed by atoms with E-state index in [2.05, 4.69) is 30.3 Å². The van der Waals surface area contributed by atoms with Crippen molar-refractivity contribution in [3.63, 3.8) is 0 Å². The van der Waals surface area contributed by atoms with E-state index in [1.165, 1.54) is 16.3 Å². The summed E-state index contributed by atoms with van der Waals surface area (Å²) in [6.07, 6.45) is -1.48. The quantitative estimate of drug-likeness (QED) is 0.454. The highest BCUT2D eigenvalue weighted by Gasteiger charge is 2.15. The first-order chi connectivity index (χ1) is 14.4. The fraction of sp³-hybridized carbons (Fsp3) is 0.160. The summed E-state index contributed by atoms with van der Waals surface area (Å²) in [6, 6.07) is 25.3. The minimum Gasteiger partial charge on any atom is -0.497 e. The number of methoxy groups -OCH3 is 1. The molecule has 154 valence electrons. The first-order valence-electron chi connectivity index (χ1n) is 9.62. The van der Waals surface area contributed by atoms with Gasteiger partial charge in [0.05, 0.1) is 7.11 Å². The Morgan fingerprint density at radius 2 is 1.37 bits per heavy atom. The van der Waals surface area contributed by atoms with Gasteiger partial charge in [0, 0.05) is 6.04 Å².